The Morgan fingerprint density at radius 1 is 1.05 bits per heavy atom. The monoisotopic (exact) mass is 310 g/mol. The van der Waals surface area contributed by atoms with E-state index in [0.29, 0.717) is 11.0 Å². The molecule has 1 aliphatic rings. The van der Waals surface area contributed by atoms with Gasteiger partial charge < -0.3 is 4.74 Å². The topological polar surface area (TPSA) is 35.0 Å². The third kappa shape index (κ3) is 3.13. The second kappa shape index (κ2) is 5.93. The lowest BCUT2D eigenvalue weighted by atomic mass is 9.97. The second-order valence-electron chi connectivity index (χ2n) is 4.87. The summed E-state index contributed by atoms with van der Waals surface area (Å²) in [5, 5.41) is 0.489. The number of nitrogens with zero attached hydrogens (tertiary/aromatic N) is 2. The Morgan fingerprint density at radius 3 is 2.48 bits per heavy atom. The van der Waals surface area contributed by atoms with Gasteiger partial charge in [0.15, 0.2) is 5.82 Å². The van der Waals surface area contributed by atoms with E-state index in [-0.39, 0.29) is 5.75 Å². The molecule has 0 saturated heterocycles. The molecule has 0 radical (unpaired) electrons. The van der Waals surface area contributed by atoms with Gasteiger partial charge in [-0.05, 0) is 49.9 Å². The average Bonchev–Trinajstić information content (AvgIpc) is 2.47. The molecular weight excluding hydrogens is 298 g/mol. The van der Waals surface area contributed by atoms with Crippen LogP contribution >= 0.6 is 11.6 Å². The smallest absolute Gasteiger partial charge is 0.387 e. The molecule has 0 bridgehead atoms. The van der Waals surface area contributed by atoms with Crippen LogP contribution in [0.25, 0.3) is 11.4 Å². The molecule has 0 unspecified atom stereocenters. The first-order valence-electron chi connectivity index (χ1n) is 6.74. The number of aryl methyl sites for hydroxylation is 1. The molecule has 3 rings (SSSR count). The largest absolute Gasteiger partial charge is 0.435 e. The Morgan fingerprint density at radius 2 is 1.76 bits per heavy atom. The lowest BCUT2D eigenvalue weighted by Crippen LogP contribution is -2.08. The van der Waals surface area contributed by atoms with Gasteiger partial charge in [-0.25, -0.2) is 9.97 Å². The minimum absolute atomic E-state index is 0.109. The molecular formula is C15H13ClF2N2O. The van der Waals surface area contributed by atoms with E-state index in [4.69, 9.17) is 11.6 Å². The Bertz CT molecular complexity index is 647. The van der Waals surface area contributed by atoms with E-state index >= 15 is 0 Å². The Hall–Kier alpha value is -1.75. The van der Waals surface area contributed by atoms with E-state index in [9.17, 15) is 8.78 Å². The maximum absolute atomic E-state index is 12.1. The van der Waals surface area contributed by atoms with Crippen molar-refractivity contribution >= 4 is 11.6 Å². The van der Waals surface area contributed by atoms with E-state index in [2.05, 4.69) is 14.7 Å². The number of hydrogen-bond acceptors (Lipinski definition) is 3. The summed E-state index contributed by atoms with van der Waals surface area (Å²) in [6, 6.07) is 6.24. The molecule has 1 aromatic carbocycles. The van der Waals surface area contributed by atoms with Gasteiger partial charge in [0.25, 0.3) is 0 Å². The Balaban J connectivity index is 1.91. The van der Waals surface area contributed by atoms with Crippen molar-refractivity contribution in [3.05, 3.63) is 40.7 Å². The molecule has 0 atom stereocenters. The van der Waals surface area contributed by atoms with Gasteiger partial charge in [-0.3, -0.25) is 0 Å². The molecule has 0 spiro atoms. The number of alkyl halides is 2. The molecule has 1 aliphatic carbocycles. The summed E-state index contributed by atoms with van der Waals surface area (Å²) in [4.78, 5) is 8.86. The number of rotatable bonds is 3. The molecule has 6 heteroatoms. The van der Waals surface area contributed by atoms with Gasteiger partial charge in [-0.2, -0.15) is 8.78 Å². The fraction of sp³-hybridized carbons (Fsp3) is 0.333. The predicted octanol–water partition coefficient (Wildman–Crippen LogP) is 4.28. The van der Waals surface area contributed by atoms with Crippen LogP contribution in [0, 0.1) is 0 Å². The predicted molar refractivity (Wildman–Crippen MR) is 75.8 cm³/mol. The van der Waals surface area contributed by atoms with Crippen LogP contribution in [0.15, 0.2) is 24.3 Å². The van der Waals surface area contributed by atoms with Crippen molar-refractivity contribution < 1.29 is 13.5 Å². The lowest BCUT2D eigenvalue weighted by molar-refractivity contribution is -0.0498. The maximum atomic E-state index is 12.1. The fourth-order valence-electron chi connectivity index (χ4n) is 2.46. The maximum Gasteiger partial charge on any atom is 0.387 e. The van der Waals surface area contributed by atoms with Crippen molar-refractivity contribution in [3.63, 3.8) is 0 Å². The first-order chi connectivity index (χ1) is 10.1. The van der Waals surface area contributed by atoms with Crippen molar-refractivity contribution in [2.75, 3.05) is 0 Å². The fourth-order valence-corrected chi connectivity index (χ4v) is 2.75. The number of hydrogen-bond donors (Lipinski definition) is 0. The molecule has 21 heavy (non-hydrogen) atoms. The number of ether oxygens (including phenoxy) is 1. The Labute approximate surface area is 125 Å². The van der Waals surface area contributed by atoms with Gasteiger partial charge in [0.2, 0.25) is 0 Å². The summed E-state index contributed by atoms with van der Waals surface area (Å²) < 4.78 is 28.6. The molecule has 2 aromatic rings. The van der Waals surface area contributed by atoms with Gasteiger partial charge in [-0.15, -0.1) is 0 Å². The van der Waals surface area contributed by atoms with Crippen LogP contribution in [0.2, 0.25) is 5.15 Å². The van der Waals surface area contributed by atoms with Crippen LogP contribution in [0.4, 0.5) is 8.78 Å². The minimum Gasteiger partial charge on any atom is -0.435 e. The first-order valence-corrected chi connectivity index (χ1v) is 7.12. The van der Waals surface area contributed by atoms with Gasteiger partial charge in [-0.1, -0.05) is 11.6 Å². The van der Waals surface area contributed by atoms with Gasteiger partial charge in [0.05, 0.1) is 0 Å². The normalized spacial score (nSPS) is 14.1. The zero-order chi connectivity index (χ0) is 14.8. The summed E-state index contributed by atoms with van der Waals surface area (Å²) in [5.74, 6) is 0.627. The third-order valence-corrected chi connectivity index (χ3v) is 3.78. The summed E-state index contributed by atoms with van der Waals surface area (Å²) in [6.07, 6.45) is 4.02. The van der Waals surface area contributed by atoms with E-state index < -0.39 is 6.61 Å². The van der Waals surface area contributed by atoms with Crippen molar-refractivity contribution in [1.29, 1.82) is 0 Å². The number of aromatic nitrogens is 2. The van der Waals surface area contributed by atoms with E-state index in [1.54, 1.807) is 12.1 Å². The highest BCUT2D eigenvalue weighted by atomic mass is 35.5. The molecule has 0 aliphatic heterocycles. The molecule has 1 heterocycles. The summed E-state index contributed by atoms with van der Waals surface area (Å²) >= 11 is 6.22. The van der Waals surface area contributed by atoms with Crippen LogP contribution in [0.5, 0.6) is 5.75 Å². The molecule has 0 amide bonds. The van der Waals surface area contributed by atoms with Gasteiger partial charge >= 0.3 is 6.61 Å². The van der Waals surface area contributed by atoms with E-state index in [0.717, 1.165) is 42.5 Å². The van der Waals surface area contributed by atoms with Crippen LogP contribution in [0.3, 0.4) is 0 Å². The van der Waals surface area contributed by atoms with Crippen molar-refractivity contribution in [3.8, 4) is 17.1 Å². The number of halogens is 3. The molecule has 0 N–H and O–H groups in total. The molecule has 0 fully saturated rings. The quantitative estimate of drug-likeness (QED) is 0.794. The summed E-state index contributed by atoms with van der Waals surface area (Å²) in [7, 11) is 0. The van der Waals surface area contributed by atoms with Crippen molar-refractivity contribution in [1.82, 2.24) is 9.97 Å². The molecule has 0 saturated carbocycles. The highest BCUT2D eigenvalue weighted by Gasteiger charge is 2.17. The Kier molecular flexibility index (Phi) is 4.01. The van der Waals surface area contributed by atoms with Crippen molar-refractivity contribution in [2.45, 2.75) is 32.3 Å². The second-order valence-corrected chi connectivity index (χ2v) is 5.23. The zero-order valence-electron chi connectivity index (χ0n) is 11.2. The molecule has 110 valence electrons. The SMILES string of the molecule is FC(F)Oc1ccc(-c2nc(Cl)c3c(n2)CCCC3)cc1. The molecule has 1 aromatic heterocycles. The lowest BCUT2D eigenvalue weighted by Gasteiger charge is -2.16. The van der Waals surface area contributed by atoms with Crippen LogP contribution in [-0.4, -0.2) is 16.6 Å². The molecule has 3 nitrogen and oxygen atoms in total. The number of benzene rings is 1. The van der Waals surface area contributed by atoms with E-state index in [1.807, 2.05) is 0 Å². The summed E-state index contributed by atoms with van der Waals surface area (Å²) in [5.41, 5.74) is 2.75. The van der Waals surface area contributed by atoms with Crippen molar-refractivity contribution in [2.24, 2.45) is 0 Å². The highest BCUT2D eigenvalue weighted by Crippen LogP contribution is 2.29. The first kappa shape index (κ1) is 14.2. The highest BCUT2D eigenvalue weighted by molar-refractivity contribution is 6.30. The van der Waals surface area contributed by atoms with Gasteiger partial charge in [0.1, 0.15) is 10.9 Å². The number of fused-ring (bicyclic) bond motifs is 1. The van der Waals surface area contributed by atoms with Crippen LogP contribution < -0.4 is 4.74 Å². The van der Waals surface area contributed by atoms with Gasteiger partial charge in [0, 0.05) is 16.8 Å². The van der Waals surface area contributed by atoms with Crippen LogP contribution in [-0.2, 0) is 12.8 Å². The zero-order valence-corrected chi connectivity index (χ0v) is 11.9. The van der Waals surface area contributed by atoms with E-state index in [1.165, 1.54) is 12.1 Å². The standard InChI is InChI=1S/C15H13ClF2N2O/c16-13-11-3-1-2-4-12(11)19-14(20-13)9-5-7-10(8-6-9)21-15(17)18/h5-8,15H,1-4H2. The van der Waals surface area contributed by atoms with Crippen LogP contribution in [0.1, 0.15) is 24.1 Å². The summed E-state index contributed by atoms with van der Waals surface area (Å²) in [6.45, 7) is -2.83. The minimum atomic E-state index is -2.83. The third-order valence-electron chi connectivity index (χ3n) is 3.47. The average molecular weight is 311 g/mol.